The Morgan fingerprint density at radius 1 is 0.963 bits per heavy atom. The van der Waals surface area contributed by atoms with Gasteiger partial charge in [-0.05, 0) is 28.5 Å². The lowest BCUT2D eigenvalue weighted by Gasteiger charge is -2.26. The molecule has 1 amide bonds. The van der Waals surface area contributed by atoms with Crippen molar-refractivity contribution in [3.8, 4) is 0 Å². The second kappa shape index (κ2) is 7.90. The van der Waals surface area contributed by atoms with Crippen LogP contribution in [0.1, 0.15) is 18.0 Å². The molecule has 0 radical (unpaired) electrons. The number of aromatic nitrogens is 6. The standard InChI is InChI=1S/C18H20N8O/c27-17(16(26-14-21-22-23-26)15-6-2-1-3-7-15)24-10-5-11-25(13-12-24)18-19-8-4-9-20-18/h1-4,6-9,14,16H,5,10-13H2/t16-/m1/s1. The van der Waals surface area contributed by atoms with Crippen LogP contribution in [-0.2, 0) is 4.79 Å². The van der Waals surface area contributed by atoms with Crippen molar-refractivity contribution in [1.29, 1.82) is 0 Å². The molecule has 27 heavy (non-hydrogen) atoms. The molecule has 9 nitrogen and oxygen atoms in total. The number of hydrogen-bond donors (Lipinski definition) is 0. The molecule has 0 saturated carbocycles. The van der Waals surface area contributed by atoms with Gasteiger partial charge >= 0.3 is 0 Å². The Balaban J connectivity index is 1.54. The molecule has 2 aromatic heterocycles. The number of nitrogens with zero attached hydrogens (tertiary/aromatic N) is 8. The summed E-state index contributed by atoms with van der Waals surface area (Å²) in [6.45, 7) is 2.78. The SMILES string of the molecule is O=C([C@@H](c1ccccc1)n1cnnn1)N1CCCN(c2ncccn2)CC1. The lowest BCUT2D eigenvalue weighted by Crippen LogP contribution is -2.40. The van der Waals surface area contributed by atoms with Gasteiger partial charge in [0, 0.05) is 38.6 Å². The van der Waals surface area contributed by atoms with E-state index in [-0.39, 0.29) is 5.91 Å². The summed E-state index contributed by atoms with van der Waals surface area (Å²) in [6.07, 6.45) is 5.80. The van der Waals surface area contributed by atoms with E-state index >= 15 is 0 Å². The van der Waals surface area contributed by atoms with Gasteiger partial charge < -0.3 is 9.80 Å². The summed E-state index contributed by atoms with van der Waals surface area (Å²) in [5, 5.41) is 11.4. The van der Waals surface area contributed by atoms with Crippen LogP contribution in [0.5, 0.6) is 0 Å². The van der Waals surface area contributed by atoms with E-state index in [9.17, 15) is 4.79 Å². The van der Waals surface area contributed by atoms with E-state index in [4.69, 9.17) is 0 Å². The molecule has 1 aliphatic heterocycles. The molecule has 1 atom stereocenters. The first-order valence-corrected chi connectivity index (χ1v) is 8.91. The minimum atomic E-state index is -0.569. The highest BCUT2D eigenvalue weighted by molar-refractivity contribution is 5.83. The second-order valence-corrected chi connectivity index (χ2v) is 6.32. The van der Waals surface area contributed by atoms with Crippen LogP contribution >= 0.6 is 0 Å². The van der Waals surface area contributed by atoms with E-state index in [1.54, 1.807) is 18.5 Å². The normalized spacial score (nSPS) is 16.0. The van der Waals surface area contributed by atoms with Crippen LogP contribution in [0.15, 0.2) is 55.1 Å². The molecule has 0 spiro atoms. The monoisotopic (exact) mass is 364 g/mol. The third kappa shape index (κ3) is 3.76. The highest BCUT2D eigenvalue weighted by atomic mass is 16.2. The van der Waals surface area contributed by atoms with Crippen molar-refractivity contribution in [2.24, 2.45) is 0 Å². The molecular formula is C18H20N8O. The number of carbonyl (C=O) groups excluding carboxylic acids is 1. The van der Waals surface area contributed by atoms with Gasteiger partial charge in [-0.25, -0.2) is 14.6 Å². The molecule has 1 fully saturated rings. The average Bonchev–Trinajstić information content (AvgIpc) is 3.12. The van der Waals surface area contributed by atoms with Crippen LogP contribution in [0, 0.1) is 0 Å². The first kappa shape index (κ1) is 17.1. The van der Waals surface area contributed by atoms with Crippen LogP contribution in [0.2, 0.25) is 0 Å². The summed E-state index contributed by atoms with van der Waals surface area (Å²) in [5.41, 5.74) is 0.863. The van der Waals surface area contributed by atoms with Crippen molar-refractivity contribution in [2.45, 2.75) is 12.5 Å². The molecule has 3 heterocycles. The third-order valence-electron chi connectivity index (χ3n) is 4.62. The van der Waals surface area contributed by atoms with Gasteiger partial charge in [0.2, 0.25) is 5.95 Å². The number of amides is 1. The van der Waals surface area contributed by atoms with Crippen molar-refractivity contribution in [3.63, 3.8) is 0 Å². The Labute approximate surface area is 156 Å². The predicted molar refractivity (Wildman–Crippen MR) is 97.8 cm³/mol. The minimum absolute atomic E-state index is 0.00988. The summed E-state index contributed by atoms with van der Waals surface area (Å²) in [5.74, 6) is 0.691. The molecule has 0 unspecified atom stereocenters. The van der Waals surface area contributed by atoms with Crippen LogP contribution in [0.25, 0.3) is 0 Å². The molecule has 4 rings (SSSR count). The van der Waals surface area contributed by atoms with Crippen molar-refractivity contribution >= 4 is 11.9 Å². The van der Waals surface area contributed by atoms with Gasteiger partial charge in [-0.2, -0.15) is 0 Å². The zero-order valence-corrected chi connectivity index (χ0v) is 14.8. The maximum Gasteiger partial charge on any atom is 0.252 e. The fourth-order valence-electron chi connectivity index (χ4n) is 3.30. The summed E-state index contributed by atoms with van der Waals surface area (Å²) in [4.78, 5) is 26.0. The fraction of sp³-hybridized carbons (Fsp3) is 0.333. The molecule has 0 N–H and O–H groups in total. The van der Waals surface area contributed by atoms with Crippen molar-refractivity contribution in [2.75, 3.05) is 31.1 Å². The van der Waals surface area contributed by atoms with Crippen LogP contribution in [0.3, 0.4) is 0 Å². The molecular weight excluding hydrogens is 344 g/mol. The second-order valence-electron chi connectivity index (χ2n) is 6.32. The van der Waals surface area contributed by atoms with Crippen molar-refractivity contribution in [3.05, 3.63) is 60.7 Å². The van der Waals surface area contributed by atoms with Gasteiger partial charge in [0.1, 0.15) is 6.33 Å². The van der Waals surface area contributed by atoms with Gasteiger partial charge in [0.25, 0.3) is 5.91 Å². The van der Waals surface area contributed by atoms with E-state index in [0.29, 0.717) is 25.6 Å². The molecule has 9 heteroatoms. The maximum absolute atomic E-state index is 13.4. The van der Waals surface area contributed by atoms with Crippen LogP contribution in [0.4, 0.5) is 5.95 Å². The van der Waals surface area contributed by atoms with E-state index in [1.165, 1.54) is 11.0 Å². The molecule has 1 saturated heterocycles. The molecule has 0 bridgehead atoms. The zero-order valence-electron chi connectivity index (χ0n) is 14.8. The Hall–Kier alpha value is -3.36. The molecule has 1 aliphatic rings. The zero-order chi connectivity index (χ0) is 18.5. The van der Waals surface area contributed by atoms with Gasteiger partial charge in [0.05, 0.1) is 0 Å². The van der Waals surface area contributed by atoms with Gasteiger partial charge in [-0.1, -0.05) is 30.3 Å². The van der Waals surface area contributed by atoms with E-state index < -0.39 is 6.04 Å². The lowest BCUT2D eigenvalue weighted by molar-refractivity contribution is -0.133. The van der Waals surface area contributed by atoms with Gasteiger partial charge in [-0.3, -0.25) is 4.79 Å². The van der Waals surface area contributed by atoms with Gasteiger partial charge in [0.15, 0.2) is 6.04 Å². The minimum Gasteiger partial charge on any atom is -0.339 e. The largest absolute Gasteiger partial charge is 0.339 e. The smallest absolute Gasteiger partial charge is 0.252 e. The quantitative estimate of drug-likeness (QED) is 0.676. The number of anilines is 1. The highest BCUT2D eigenvalue weighted by Crippen LogP contribution is 2.21. The van der Waals surface area contributed by atoms with E-state index in [2.05, 4.69) is 30.4 Å². The summed E-state index contributed by atoms with van der Waals surface area (Å²) in [6, 6.07) is 10.8. The number of benzene rings is 1. The maximum atomic E-state index is 13.4. The van der Waals surface area contributed by atoms with E-state index in [1.807, 2.05) is 35.2 Å². The predicted octanol–water partition coefficient (Wildman–Crippen LogP) is 0.791. The Morgan fingerprint density at radius 3 is 2.52 bits per heavy atom. The Kier molecular flexibility index (Phi) is 4.99. The van der Waals surface area contributed by atoms with Crippen LogP contribution < -0.4 is 4.90 Å². The topological polar surface area (TPSA) is 92.9 Å². The van der Waals surface area contributed by atoms with Crippen molar-refractivity contribution < 1.29 is 4.79 Å². The van der Waals surface area contributed by atoms with Gasteiger partial charge in [-0.15, -0.1) is 5.10 Å². The number of carbonyl (C=O) groups is 1. The molecule has 3 aromatic rings. The lowest BCUT2D eigenvalue weighted by atomic mass is 10.1. The molecule has 0 aliphatic carbocycles. The molecule has 138 valence electrons. The highest BCUT2D eigenvalue weighted by Gasteiger charge is 2.30. The first-order valence-electron chi connectivity index (χ1n) is 8.91. The number of tetrazole rings is 1. The third-order valence-corrected chi connectivity index (χ3v) is 4.62. The number of hydrogen-bond acceptors (Lipinski definition) is 7. The van der Waals surface area contributed by atoms with Crippen LogP contribution in [-0.4, -0.2) is 67.2 Å². The van der Waals surface area contributed by atoms with Crippen molar-refractivity contribution in [1.82, 2.24) is 35.1 Å². The first-order chi connectivity index (χ1) is 13.3. The van der Waals surface area contributed by atoms with E-state index in [0.717, 1.165) is 18.5 Å². The Bertz CT molecular complexity index is 856. The fourth-order valence-corrected chi connectivity index (χ4v) is 3.30. The summed E-state index contributed by atoms with van der Waals surface area (Å²) in [7, 11) is 0. The molecule has 1 aromatic carbocycles. The average molecular weight is 364 g/mol. The summed E-state index contributed by atoms with van der Waals surface area (Å²) >= 11 is 0. The Morgan fingerprint density at radius 2 is 1.78 bits per heavy atom. The summed E-state index contributed by atoms with van der Waals surface area (Å²) < 4.78 is 1.51. The number of rotatable bonds is 4.